The van der Waals surface area contributed by atoms with Gasteiger partial charge in [0.25, 0.3) is 5.69 Å². The molecular formula is C14H9ClN2O2S. The van der Waals surface area contributed by atoms with E-state index in [0.717, 1.165) is 4.88 Å². The number of benzene rings is 1. The number of aryl methyl sites for hydroxylation is 1. The lowest BCUT2D eigenvalue weighted by Gasteiger charge is -2.04. The molecule has 0 radical (unpaired) electrons. The molecule has 0 bridgehead atoms. The Labute approximate surface area is 124 Å². The van der Waals surface area contributed by atoms with Gasteiger partial charge in [0.15, 0.2) is 0 Å². The van der Waals surface area contributed by atoms with Gasteiger partial charge in [0.2, 0.25) is 0 Å². The average molecular weight is 305 g/mol. The van der Waals surface area contributed by atoms with Gasteiger partial charge in [-0.25, -0.2) is 0 Å². The number of nitro benzene ring substituents is 1. The molecule has 1 heterocycles. The highest BCUT2D eigenvalue weighted by atomic mass is 35.5. The van der Waals surface area contributed by atoms with Crippen molar-refractivity contribution in [3.05, 3.63) is 61.8 Å². The highest BCUT2D eigenvalue weighted by molar-refractivity contribution is 7.11. The van der Waals surface area contributed by atoms with Crippen molar-refractivity contribution in [2.45, 2.75) is 6.92 Å². The summed E-state index contributed by atoms with van der Waals surface area (Å²) in [6, 6.07) is 10.4. The quantitative estimate of drug-likeness (QED) is 0.473. The summed E-state index contributed by atoms with van der Waals surface area (Å²) >= 11 is 7.63. The van der Waals surface area contributed by atoms with Crippen LogP contribution in [0.5, 0.6) is 0 Å². The molecule has 2 rings (SSSR count). The third-order valence-corrected chi connectivity index (χ3v) is 4.05. The van der Waals surface area contributed by atoms with E-state index in [0.29, 0.717) is 16.7 Å². The van der Waals surface area contributed by atoms with Crippen molar-refractivity contribution in [2.24, 2.45) is 0 Å². The lowest BCUT2D eigenvalue weighted by molar-refractivity contribution is -0.385. The number of allylic oxidation sites excluding steroid dienone is 1. The van der Waals surface area contributed by atoms with Gasteiger partial charge in [-0.05, 0) is 18.4 Å². The Balaban J connectivity index is 2.58. The van der Waals surface area contributed by atoms with Crippen molar-refractivity contribution >= 4 is 39.2 Å². The molecule has 100 valence electrons. The number of nitro groups is 1. The number of hydrogen-bond donors (Lipinski definition) is 0. The van der Waals surface area contributed by atoms with Gasteiger partial charge in [0.1, 0.15) is 6.07 Å². The van der Waals surface area contributed by atoms with Crippen LogP contribution >= 0.6 is 22.9 Å². The Kier molecular flexibility index (Phi) is 4.18. The van der Waals surface area contributed by atoms with Gasteiger partial charge in [-0.2, -0.15) is 5.26 Å². The van der Waals surface area contributed by atoms with Gasteiger partial charge in [0, 0.05) is 22.1 Å². The first-order valence-corrected chi connectivity index (χ1v) is 6.89. The fraction of sp³-hybridized carbons (Fsp3) is 0.0714. The number of nitriles is 1. The third-order valence-electron chi connectivity index (χ3n) is 2.76. The first-order chi connectivity index (χ1) is 9.54. The van der Waals surface area contributed by atoms with Crippen LogP contribution in [0.2, 0.25) is 0 Å². The van der Waals surface area contributed by atoms with Crippen LogP contribution in [0.4, 0.5) is 5.69 Å². The molecule has 2 aromatic rings. The summed E-state index contributed by atoms with van der Waals surface area (Å²) in [5, 5.41) is 22.3. The van der Waals surface area contributed by atoms with E-state index in [1.807, 2.05) is 11.4 Å². The second kappa shape index (κ2) is 5.87. The normalized spacial score (nSPS) is 11.7. The summed E-state index contributed by atoms with van der Waals surface area (Å²) in [7, 11) is 0. The minimum absolute atomic E-state index is 0.0101. The number of nitrogens with zero attached hydrogens (tertiary/aromatic N) is 2. The van der Waals surface area contributed by atoms with Gasteiger partial charge in [-0.1, -0.05) is 29.8 Å². The van der Waals surface area contributed by atoms with Crippen molar-refractivity contribution in [2.75, 3.05) is 0 Å². The number of thiophene rings is 1. The van der Waals surface area contributed by atoms with Crippen molar-refractivity contribution in [1.29, 1.82) is 5.26 Å². The van der Waals surface area contributed by atoms with Crippen LogP contribution in [0.3, 0.4) is 0 Å². The fourth-order valence-electron chi connectivity index (χ4n) is 1.72. The second-order valence-electron chi connectivity index (χ2n) is 4.04. The summed E-state index contributed by atoms with van der Waals surface area (Å²) in [6.07, 6.45) is 0. The maximum Gasteiger partial charge on any atom is 0.272 e. The molecule has 0 aliphatic heterocycles. The minimum atomic E-state index is -0.458. The molecule has 0 N–H and O–H groups in total. The van der Waals surface area contributed by atoms with Gasteiger partial charge in [0.05, 0.1) is 15.5 Å². The first kappa shape index (κ1) is 14.3. The van der Waals surface area contributed by atoms with Gasteiger partial charge >= 0.3 is 0 Å². The lowest BCUT2D eigenvalue weighted by atomic mass is 10.1. The zero-order chi connectivity index (χ0) is 14.7. The fourth-order valence-corrected chi connectivity index (χ4v) is 2.76. The Morgan fingerprint density at radius 1 is 1.45 bits per heavy atom. The van der Waals surface area contributed by atoms with E-state index in [1.54, 1.807) is 25.1 Å². The third kappa shape index (κ3) is 2.72. The molecule has 0 aliphatic carbocycles. The largest absolute Gasteiger partial charge is 0.272 e. The molecule has 0 aliphatic rings. The van der Waals surface area contributed by atoms with Crippen LogP contribution in [-0.4, -0.2) is 4.92 Å². The number of rotatable bonds is 3. The van der Waals surface area contributed by atoms with E-state index in [2.05, 4.69) is 6.07 Å². The Bertz CT molecular complexity index is 730. The van der Waals surface area contributed by atoms with Crippen LogP contribution in [0.1, 0.15) is 16.0 Å². The van der Waals surface area contributed by atoms with Crippen LogP contribution in [0, 0.1) is 28.4 Å². The van der Waals surface area contributed by atoms with E-state index in [4.69, 9.17) is 11.6 Å². The maximum atomic E-state index is 10.9. The van der Waals surface area contributed by atoms with Crippen LogP contribution in [-0.2, 0) is 0 Å². The van der Waals surface area contributed by atoms with E-state index in [-0.39, 0.29) is 10.7 Å². The molecule has 1 aromatic carbocycles. The average Bonchev–Trinajstić information content (AvgIpc) is 2.93. The van der Waals surface area contributed by atoms with Crippen molar-refractivity contribution in [1.82, 2.24) is 0 Å². The van der Waals surface area contributed by atoms with E-state index < -0.39 is 4.92 Å². The van der Waals surface area contributed by atoms with Gasteiger partial charge < -0.3 is 0 Å². The maximum absolute atomic E-state index is 10.9. The highest BCUT2D eigenvalue weighted by Crippen LogP contribution is 2.33. The molecular weight excluding hydrogens is 296 g/mol. The smallest absolute Gasteiger partial charge is 0.258 e. The molecule has 0 unspecified atom stereocenters. The SMILES string of the molecule is Cc1ccc(C(Cl)=C(C#N)c2cccs2)cc1[N+](=O)[O-]. The molecule has 0 fully saturated rings. The topological polar surface area (TPSA) is 66.9 Å². The van der Waals surface area contributed by atoms with Gasteiger partial charge in [-0.15, -0.1) is 11.3 Å². The summed E-state index contributed by atoms with van der Waals surface area (Å²) in [5.41, 5.74) is 1.33. The van der Waals surface area contributed by atoms with E-state index >= 15 is 0 Å². The lowest BCUT2D eigenvalue weighted by Crippen LogP contribution is -1.93. The minimum Gasteiger partial charge on any atom is -0.258 e. The highest BCUT2D eigenvalue weighted by Gasteiger charge is 2.15. The Hall–Kier alpha value is -2.16. The van der Waals surface area contributed by atoms with E-state index in [9.17, 15) is 15.4 Å². The number of halogens is 1. The molecule has 6 heteroatoms. The Morgan fingerprint density at radius 3 is 2.75 bits per heavy atom. The Morgan fingerprint density at radius 2 is 2.20 bits per heavy atom. The molecule has 4 nitrogen and oxygen atoms in total. The zero-order valence-electron chi connectivity index (χ0n) is 10.5. The van der Waals surface area contributed by atoms with Crippen LogP contribution in [0.25, 0.3) is 10.6 Å². The van der Waals surface area contributed by atoms with Crippen molar-refractivity contribution in [3.8, 4) is 6.07 Å². The monoisotopic (exact) mass is 304 g/mol. The molecule has 0 amide bonds. The summed E-state index contributed by atoms with van der Waals surface area (Å²) in [6.45, 7) is 1.66. The summed E-state index contributed by atoms with van der Waals surface area (Å²) < 4.78 is 0. The molecule has 20 heavy (non-hydrogen) atoms. The van der Waals surface area contributed by atoms with Crippen molar-refractivity contribution < 1.29 is 4.92 Å². The second-order valence-corrected chi connectivity index (χ2v) is 5.36. The van der Waals surface area contributed by atoms with Crippen molar-refractivity contribution in [3.63, 3.8) is 0 Å². The van der Waals surface area contributed by atoms with Gasteiger partial charge in [-0.3, -0.25) is 10.1 Å². The number of hydrogen-bond acceptors (Lipinski definition) is 4. The predicted molar refractivity (Wildman–Crippen MR) is 80.4 cm³/mol. The summed E-state index contributed by atoms with van der Waals surface area (Å²) in [4.78, 5) is 11.2. The summed E-state index contributed by atoms with van der Waals surface area (Å²) in [5.74, 6) is 0. The van der Waals surface area contributed by atoms with Crippen LogP contribution in [0.15, 0.2) is 35.7 Å². The molecule has 0 spiro atoms. The predicted octanol–water partition coefficient (Wildman–Crippen LogP) is 4.60. The molecule has 0 saturated carbocycles. The molecule has 0 saturated heterocycles. The van der Waals surface area contributed by atoms with E-state index in [1.165, 1.54) is 17.4 Å². The zero-order valence-corrected chi connectivity index (χ0v) is 12.0. The molecule has 0 atom stereocenters. The first-order valence-electron chi connectivity index (χ1n) is 5.63. The standard InChI is InChI=1S/C14H9ClN2O2S/c1-9-4-5-10(7-12(9)17(18)19)14(15)11(8-16)13-3-2-6-20-13/h2-7H,1H3. The molecule has 1 aromatic heterocycles. The van der Waals surface area contributed by atoms with Crippen LogP contribution < -0.4 is 0 Å².